The molecule has 1 atom stereocenters. The lowest BCUT2D eigenvalue weighted by molar-refractivity contribution is -0.160. The predicted octanol–water partition coefficient (Wildman–Crippen LogP) is 3.65. The number of aliphatic carboxylic acids is 1. The first-order valence-corrected chi connectivity index (χ1v) is 10.8. The number of carboxylic acid groups (broad SMARTS) is 1. The van der Waals surface area contributed by atoms with Gasteiger partial charge in [-0.25, -0.2) is 9.59 Å². The van der Waals surface area contributed by atoms with E-state index in [1.807, 2.05) is 0 Å². The summed E-state index contributed by atoms with van der Waals surface area (Å²) >= 11 is 0. The number of carbonyl (C=O) groups is 2. The molecule has 0 bridgehead atoms. The maximum Gasteiger partial charge on any atom is 0.345 e. The lowest BCUT2D eigenvalue weighted by atomic mass is 10.0. The van der Waals surface area contributed by atoms with Gasteiger partial charge in [0.25, 0.3) is 0 Å². The first kappa shape index (κ1) is 26.5. The molecule has 0 unspecified atom stereocenters. The molecule has 0 amide bonds. The first-order valence-electron chi connectivity index (χ1n) is 10.8. The van der Waals surface area contributed by atoms with Gasteiger partial charge in [0.15, 0.2) is 34.5 Å². The highest BCUT2D eigenvalue weighted by Gasteiger charge is 2.22. The summed E-state index contributed by atoms with van der Waals surface area (Å²) in [5, 5.41) is 58.5. The molecule has 0 radical (unpaired) electrons. The van der Waals surface area contributed by atoms with E-state index in [0.29, 0.717) is 16.7 Å². The van der Waals surface area contributed by atoms with Crippen LogP contribution in [0.2, 0.25) is 0 Å². The molecule has 3 aromatic carbocycles. The normalized spacial score (nSPS) is 12.0. The number of methoxy groups -OCH3 is 1. The molecule has 0 spiro atoms. The van der Waals surface area contributed by atoms with Crippen molar-refractivity contribution in [3.63, 3.8) is 0 Å². The Bertz CT molecular complexity index is 1370. The highest BCUT2D eigenvalue weighted by molar-refractivity contribution is 5.91. The third kappa shape index (κ3) is 6.73. The highest BCUT2D eigenvalue weighted by Crippen LogP contribution is 2.34. The van der Waals surface area contributed by atoms with Crippen LogP contribution in [-0.2, 0) is 20.7 Å². The van der Waals surface area contributed by atoms with E-state index in [4.69, 9.17) is 9.47 Å². The summed E-state index contributed by atoms with van der Waals surface area (Å²) in [6, 6.07) is 10.9. The number of hydrogen-bond donors (Lipinski definition) is 6. The molecule has 10 heteroatoms. The maximum atomic E-state index is 12.4. The van der Waals surface area contributed by atoms with E-state index in [0.717, 1.165) is 6.08 Å². The van der Waals surface area contributed by atoms with Crippen molar-refractivity contribution in [3.8, 4) is 34.5 Å². The van der Waals surface area contributed by atoms with Gasteiger partial charge in [-0.15, -0.1) is 0 Å². The number of carbonyl (C=O) groups excluding carboxylic acids is 1. The van der Waals surface area contributed by atoms with Gasteiger partial charge in [-0.3, -0.25) is 0 Å². The van der Waals surface area contributed by atoms with Gasteiger partial charge in [-0.1, -0.05) is 24.3 Å². The third-order valence-corrected chi connectivity index (χ3v) is 5.27. The molecule has 10 nitrogen and oxygen atoms in total. The molecule has 0 aliphatic rings. The van der Waals surface area contributed by atoms with Crippen LogP contribution in [0.4, 0.5) is 0 Å². The van der Waals surface area contributed by atoms with Crippen molar-refractivity contribution in [3.05, 3.63) is 76.9 Å². The van der Waals surface area contributed by atoms with Crippen molar-refractivity contribution in [2.75, 3.05) is 7.11 Å². The Morgan fingerprint density at radius 3 is 2.22 bits per heavy atom. The van der Waals surface area contributed by atoms with E-state index in [1.54, 1.807) is 0 Å². The molecule has 0 fully saturated rings. The summed E-state index contributed by atoms with van der Waals surface area (Å²) < 4.78 is 10.1. The van der Waals surface area contributed by atoms with Crippen LogP contribution in [0.5, 0.6) is 34.5 Å². The molecule has 37 heavy (non-hydrogen) atoms. The van der Waals surface area contributed by atoms with Gasteiger partial charge in [0, 0.05) is 18.1 Å². The zero-order valence-electron chi connectivity index (χ0n) is 19.5. The Balaban J connectivity index is 1.79. The van der Waals surface area contributed by atoms with Crippen LogP contribution >= 0.6 is 0 Å². The smallest absolute Gasteiger partial charge is 0.345 e. The number of benzene rings is 3. The van der Waals surface area contributed by atoms with Crippen molar-refractivity contribution in [1.29, 1.82) is 0 Å². The average molecular weight is 508 g/mol. The zero-order chi connectivity index (χ0) is 27.1. The van der Waals surface area contributed by atoms with Crippen molar-refractivity contribution < 1.29 is 49.7 Å². The SMILES string of the molecule is COc1cc(C[C@@H](OC(=O)/C=C/c2ccc(O)c(O)c2/C=C/c2ccc(O)c(O)c2)C(=O)O)ccc1O. The number of ether oxygens (including phenoxy) is 2. The minimum atomic E-state index is -1.53. The van der Waals surface area contributed by atoms with Crippen LogP contribution in [0.25, 0.3) is 18.2 Å². The number of rotatable bonds is 9. The molecule has 0 saturated carbocycles. The number of carboxylic acids is 1. The summed E-state index contributed by atoms with van der Waals surface area (Å²) in [5.74, 6) is -3.86. The fraction of sp³-hybridized carbons (Fsp3) is 0.111. The summed E-state index contributed by atoms with van der Waals surface area (Å²) in [4.78, 5) is 24.0. The van der Waals surface area contributed by atoms with Gasteiger partial charge in [0.05, 0.1) is 7.11 Å². The Labute approximate surface area is 211 Å². The van der Waals surface area contributed by atoms with Gasteiger partial charge in [-0.05, 0) is 59.2 Å². The van der Waals surface area contributed by atoms with Gasteiger partial charge in [-0.2, -0.15) is 0 Å². The van der Waals surface area contributed by atoms with Gasteiger partial charge >= 0.3 is 11.9 Å². The molecule has 0 aliphatic heterocycles. The Morgan fingerprint density at radius 2 is 1.54 bits per heavy atom. The van der Waals surface area contributed by atoms with E-state index < -0.39 is 29.5 Å². The minimum Gasteiger partial charge on any atom is -0.504 e. The molecular formula is C27H24O10. The van der Waals surface area contributed by atoms with Crippen molar-refractivity contribution in [1.82, 2.24) is 0 Å². The Hall–Kier alpha value is -5.12. The lowest BCUT2D eigenvalue weighted by Crippen LogP contribution is -2.28. The van der Waals surface area contributed by atoms with E-state index in [-0.39, 0.29) is 35.0 Å². The topological polar surface area (TPSA) is 174 Å². The second kappa shape index (κ2) is 11.5. The van der Waals surface area contributed by atoms with E-state index in [9.17, 15) is 40.2 Å². The highest BCUT2D eigenvalue weighted by atomic mass is 16.6. The zero-order valence-corrected chi connectivity index (χ0v) is 19.5. The molecule has 0 aliphatic carbocycles. The summed E-state index contributed by atoms with van der Waals surface area (Å²) in [6.45, 7) is 0. The molecule has 0 aromatic heterocycles. The number of phenolic OH excluding ortho intramolecular Hbond substituents is 5. The molecule has 6 N–H and O–H groups in total. The van der Waals surface area contributed by atoms with Crippen LogP contribution < -0.4 is 4.74 Å². The molecule has 192 valence electrons. The van der Waals surface area contributed by atoms with Crippen LogP contribution in [0.15, 0.2) is 54.6 Å². The summed E-state index contributed by atoms with van der Waals surface area (Å²) in [5.41, 5.74) is 1.35. The fourth-order valence-electron chi connectivity index (χ4n) is 3.34. The number of esters is 1. The second-order valence-corrected chi connectivity index (χ2v) is 7.83. The molecule has 0 saturated heterocycles. The lowest BCUT2D eigenvalue weighted by Gasteiger charge is -2.14. The molecular weight excluding hydrogens is 484 g/mol. The Kier molecular flexibility index (Phi) is 8.26. The van der Waals surface area contributed by atoms with Crippen LogP contribution in [0.3, 0.4) is 0 Å². The van der Waals surface area contributed by atoms with Crippen molar-refractivity contribution >= 4 is 30.2 Å². The molecule has 0 heterocycles. The van der Waals surface area contributed by atoms with Gasteiger partial charge in [0.1, 0.15) is 0 Å². The van der Waals surface area contributed by atoms with Crippen molar-refractivity contribution in [2.24, 2.45) is 0 Å². The van der Waals surface area contributed by atoms with Crippen LogP contribution in [0.1, 0.15) is 22.3 Å². The molecule has 3 rings (SSSR count). The number of phenols is 5. The van der Waals surface area contributed by atoms with E-state index in [1.165, 1.54) is 73.9 Å². The molecule has 3 aromatic rings. The summed E-state index contributed by atoms with van der Waals surface area (Å²) in [7, 11) is 1.34. The monoisotopic (exact) mass is 508 g/mol. The second-order valence-electron chi connectivity index (χ2n) is 7.83. The quantitative estimate of drug-likeness (QED) is 0.108. The minimum absolute atomic E-state index is 0.123. The van der Waals surface area contributed by atoms with Crippen molar-refractivity contribution in [2.45, 2.75) is 12.5 Å². The van der Waals surface area contributed by atoms with Gasteiger partial charge < -0.3 is 40.1 Å². The van der Waals surface area contributed by atoms with Crippen LogP contribution in [-0.4, -0.2) is 55.8 Å². The first-order chi connectivity index (χ1) is 17.6. The van der Waals surface area contributed by atoms with Crippen LogP contribution in [0, 0.1) is 0 Å². The van der Waals surface area contributed by atoms with E-state index >= 15 is 0 Å². The number of aromatic hydroxyl groups is 5. The number of hydrogen-bond acceptors (Lipinski definition) is 9. The average Bonchev–Trinajstić information content (AvgIpc) is 2.86. The van der Waals surface area contributed by atoms with E-state index in [2.05, 4.69) is 0 Å². The predicted molar refractivity (Wildman–Crippen MR) is 133 cm³/mol. The summed E-state index contributed by atoms with van der Waals surface area (Å²) in [6.07, 6.45) is 3.46. The van der Waals surface area contributed by atoms with Gasteiger partial charge in [0.2, 0.25) is 6.10 Å². The Morgan fingerprint density at radius 1 is 0.838 bits per heavy atom. The largest absolute Gasteiger partial charge is 0.504 e. The standard InChI is InChI=1S/C27H24O10/c1-36-23-13-16(4-9-20(23)29)14-24(27(34)35)37-25(32)11-6-17-5-10-21(30)26(33)18(17)7-2-15-3-8-19(28)22(31)12-15/h2-13,24,28-31,33H,14H2,1H3,(H,34,35)/b7-2+,11-6+/t24-/m1/s1. The maximum absolute atomic E-state index is 12.4. The fourth-order valence-corrected chi connectivity index (χ4v) is 3.34. The third-order valence-electron chi connectivity index (χ3n) is 5.27.